The van der Waals surface area contributed by atoms with Crippen LogP contribution >= 0.6 is 0 Å². The SMILES string of the molecule is CC(C)N/C=C(\C=N)c1cc2c(-c3cc(=O)n(C)cc3-c3cccc(CN4CCOCC4)c3)cn(C)c(=O)c2[nH]1. The molecule has 1 aromatic carbocycles. The molecule has 4 aromatic rings. The Hall–Kier alpha value is -4.21. The van der Waals surface area contributed by atoms with Crippen LogP contribution in [0.2, 0.25) is 0 Å². The predicted octanol–water partition coefficient (Wildman–Crippen LogP) is 3.72. The molecule has 0 bridgehead atoms. The van der Waals surface area contributed by atoms with Gasteiger partial charge in [0.1, 0.15) is 5.52 Å². The highest BCUT2D eigenvalue weighted by Crippen LogP contribution is 2.35. The number of benzene rings is 1. The number of morpholine rings is 1. The fraction of sp³-hybridized carbons (Fsp3) is 0.323. The minimum atomic E-state index is -0.177. The van der Waals surface area contributed by atoms with Crippen molar-refractivity contribution >= 4 is 22.7 Å². The van der Waals surface area contributed by atoms with Gasteiger partial charge < -0.3 is 29.6 Å². The van der Waals surface area contributed by atoms with Crippen molar-refractivity contribution in [3.63, 3.8) is 0 Å². The number of H-pyrrole nitrogens is 1. The van der Waals surface area contributed by atoms with E-state index < -0.39 is 0 Å². The van der Waals surface area contributed by atoms with E-state index in [-0.39, 0.29) is 17.2 Å². The number of aromatic nitrogens is 3. The number of fused-ring (bicyclic) bond motifs is 1. The molecule has 0 aliphatic carbocycles. The summed E-state index contributed by atoms with van der Waals surface area (Å²) in [5.41, 5.74) is 6.00. The first-order valence-electron chi connectivity index (χ1n) is 13.5. The second-order valence-electron chi connectivity index (χ2n) is 10.6. The van der Waals surface area contributed by atoms with Crippen molar-refractivity contribution in [3.8, 4) is 22.3 Å². The summed E-state index contributed by atoms with van der Waals surface area (Å²) in [5.74, 6) is 0. The molecule has 40 heavy (non-hydrogen) atoms. The number of hydrogen-bond acceptors (Lipinski definition) is 6. The third-order valence-corrected chi connectivity index (χ3v) is 7.27. The highest BCUT2D eigenvalue weighted by molar-refractivity contribution is 6.10. The molecule has 1 fully saturated rings. The van der Waals surface area contributed by atoms with Gasteiger partial charge in [0, 0.05) is 98.4 Å². The molecule has 0 unspecified atom stereocenters. The smallest absolute Gasteiger partial charge is 0.274 e. The third-order valence-electron chi connectivity index (χ3n) is 7.27. The Morgan fingerprint density at radius 2 is 1.80 bits per heavy atom. The quantitative estimate of drug-likeness (QED) is 0.295. The van der Waals surface area contributed by atoms with Gasteiger partial charge in [-0.15, -0.1) is 0 Å². The van der Waals surface area contributed by atoms with Crippen molar-refractivity contribution in [1.82, 2.24) is 24.3 Å². The van der Waals surface area contributed by atoms with Gasteiger partial charge in [0.05, 0.1) is 13.2 Å². The van der Waals surface area contributed by atoms with Crippen LogP contribution in [0.3, 0.4) is 0 Å². The van der Waals surface area contributed by atoms with Crippen LogP contribution in [-0.4, -0.2) is 57.6 Å². The molecule has 3 aromatic heterocycles. The zero-order chi connectivity index (χ0) is 28.4. The van der Waals surface area contributed by atoms with Gasteiger partial charge in [-0.3, -0.25) is 14.5 Å². The van der Waals surface area contributed by atoms with Crippen LogP contribution < -0.4 is 16.4 Å². The molecular formula is C31H36N6O3. The molecule has 0 saturated carbocycles. The molecule has 1 aliphatic rings. The van der Waals surface area contributed by atoms with Crippen LogP contribution in [0.5, 0.6) is 0 Å². The number of hydrogen-bond donors (Lipinski definition) is 3. The first-order valence-corrected chi connectivity index (χ1v) is 13.5. The number of aromatic amines is 1. The summed E-state index contributed by atoms with van der Waals surface area (Å²) in [7, 11) is 3.46. The Morgan fingerprint density at radius 3 is 2.52 bits per heavy atom. The van der Waals surface area contributed by atoms with E-state index in [4.69, 9.17) is 10.1 Å². The van der Waals surface area contributed by atoms with Gasteiger partial charge in [0.2, 0.25) is 0 Å². The van der Waals surface area contributed by atoms with Gasteiger partial charge in [0.25, 0.3) is 11.1 Å². The van der Waals surface area contributed by atoms with E-state index in [1.165, 1.54) is 16.3 Å². The highest BCUT2D eigenvalue weighted by atomic mass is 16.5. The van der Waals surface area contributed by atoms with Crippen LogP contribution in [0, 0.1) is 5.41 Å². The first-order chi connectivity index (χ1) is 19.2. The molecule has 9 heteroatoms. The molecule has 9 nitrogen and oxygen atoms in total. The topological polar surface area (TPSA) is 108 Å². The lowest BCUT2D eigenvalue weighted by atomic mass is 9.94. The summed E-state index contributed by atoms with van der Waals surface area (Å²) in [6, 6.07) is 12.1. The largest absolute Gasteiger partial charge is 0.388 e. The van der Waals surface area contributed by atoms with Crippen molar-refractivity contribution in [2.24, 2.45) is 14.1 Å². The lowest BCUT2D eigenvalue weighted by molar-refractivity contribution is 0.0342. The van der Waals surface area contributed by atoms with Crippen LogP contribution in [0.1, 0.15) is 25.1 Å². The molecule has 0 atom stereocenters. The van der Waals surface area contributed by atoms with Crippen LogP contribution in [-0.2, 0) is 25.4 Å². The molecule has 5 rings (SSSR count). The molecule has 0 amide bonds. The van der Waals surface area contributed by atoms with Crippen molar-refractivity contribution in [1.29, 1.82) is 5.41 Å². The zero-order valence-corrected chi connectivity index (χ0v) is 23.5. The van der Waals surface area contributed by atoms with Crippen molar-refractivity contribution in [3.05, 3.63) is 87.0 Å². The Kier molecular flexibility index (Phi) is 7.86. The minimum Gasteiger partial charge on any atom is -0.388 e. The second-order valence-corrected chi connectivity index (χ2v) is 10.6. The number of nitrogens with one attached hydrogen (secondary N) is 3. The van der Waals surface area contributed by atoms with E-state index in [0.29, 0.717) is 22.2 Å². The Morgan fingerprint density at radius 1 is 1.05 bits per heavy atom. The minimum absolute atomic E-state index is 0.137. The first kappa shape index (κ1) is 27.4. The molecule has 208 valence electrons. The summed E-state index contributed by atoms with van der Waals surface area (Å²) in [4.78, 5) is 31.7. The van der Waals surface area contributed by atoms with Gasteiger partial charge >= 0.3 is 0 Å². The number of aryl methyl sites for hydroxylation is 2. The predicted molar refractivity (Wildman–Crippen MR) is 161 cm³/mol. The van der Waals surface area contributed by atoms with E-state index in [0.717, 1.165) is 55.1 Å². The highest BCUT2D eigenvalue weighted by Gasteiger charge is 2.19. The van der Waals surface area contributed by atoms with E-state index in [2.05, 4.69) is 33.4 Å². The monoisotopic (exact) mass is 540 g/mol. The fourth-order valence-corrected chi connectivity index (χ4v) is 5.10. The van der Waals surface area contributed by atoms with E-state index in [9.17, 15) is 9.59 Å². The van der Waals surface area contributed by atoms with E-state index in [1.54, 1.807) is 37.1 Å². The summed E-state index contributed by atoms with van der Waals surface area (Å²) in [5, 5.41) is 11.9. The fourth-order valence-electron chi connectivity index (χ4n) is 5.10. The number of allylic oxidation sites excluding steroid dienone is 1. The average Bonchev–Trinajstić information content (AvgIpc) is 3.38. The van der Waals surface area contributed by atoms with Crippen LogP contribution in [0.15, 0.2) is 64.6 Å². The maximum atomic E-state index is 13.2. The van der Waals surface area contributed by atoms with Crippen molar-refractivity contribution in [2.75, 3.05) is 26.3 Å². The summed E-state index contributed by atoms with van der Waals surface area (Å²) >= 11 is 0. The number of nitrogens with zero attached hydrogens (tertiary/aromatic N) is 3. The summed E-state index contributed by atoms with van der Waals surface area (Å²) in [6.45, 7) is 8.16. The molecule has 1 saturated heterocycles. The number of rotatable bonds is 8. The maximum absolute atomic E-state index is 13.2. The van der Waals surface area contributed by atoms with Crippen LogP contribution in [0.25, 0.3) is 38.7 Å². The maximum Gasteiger partial charge on any atom is 0.274 e. The van der Waals surface area contributed by atoms with Crippen LogP contribution in [0.4, 0.5) is 0 Å². The van der Waals surface area contributed by atoms with Gasteiger partial charge in [-0.05, 0) is 42.7 Å². The van der Waals surface area contributed by atoms with E-state index in [1.807, 2.05) is 32.2 Å². The van der Waals surface area contributed by atoms with E-state index >= 15 is 0 Å². The Labute approximate surface area is 233 Å². The van der Waals surface area contributed by atoms with Crippen molar-refractivity contribution < 1.29 is 4.74 Å². The lowest BCUT2D eigenvalue weighted by Crippen LogP contribution is -2.35. The Balaban J connectivity index is 1.67. The molecule has 0 radical (unpaired) electrons. The van der Waals surface area contributed by atoms with Gasteiger partial charge in [0.15, 0.2) is 0 Å². The van der Waals surface area contributed by atoms with Crippen molar-refractivity contribution in [2.45, 2.75) is 26.4 Å². The molecule has 0 spiro atoms. The van der Waals surface area contributed by atoms with Gasteiger partial charge in [-0.25, -0.2) is 0 Å². The summed E-state index contributed by atoms with van der Waals surface area (Å²) in [6.07, 6.45) is 6.69. The van der Waals surface area contributed by atoms with Gasteiger partial charge in [-0.2, -0.15) is 0 Å². The lowest BCUT2D eigenvalue weighted by Gasteiger charge is -2.26. The molecule has 3 N–H and O–H groups in total. The molecular weight excluding hydrogens is 504 g/mol. The normalized spacial score (nSPS) is 14.7. The second kappa shape index (κ2) is 11.5. The average molecular weight is 541 g/mol. The number of pyridine rings is 2. The summed E-state index contributed by atoms with van der Waals surface area (Å²) < 4.78 is 8.62. The third kappa shape index (κ3) is 5.57. The van der Waals surface area contributed by atoms with Gasteiger partial charge in [-0.1, -0.05) is 18.2 Å². The molecule has 4 heterocycles. The Bertz CT molecular complexity index is 1700. The standard InChI is InChI=1S/C31H36N6O3/c1-20(2)33-16-23(15-32)28-13-25-27(19-36(4)31(39)30(25)34-28)24-14-29(38)35(3)18-26(24)22-7-5-6-21(12-22)17-37-8-10-40-11-9-37/h5-7,12-16,18-20,32-34H,8-11,17H2,1-4H3/b23-16+,32-15?. The number of ether oxygens (including phenoxy) is 1. The molecule has 1 aliphatic heterocycles. The zero-order valence-electron chi connectivity index (χ0n) is 23.5.